The first kappa shape index (κ1) is 24.0. The van der Waals surface area contributed by atoms with Gasteiger partial charge >= 0.3 is 0 Å². The van der Waals surface area contributed by atoms with Crippen molar-refractivity contribution < 1.29 is 0 Å². The summed E-state index contributed by atoms with van der Waals surface area (Å²) in [6.45, 7) is 8.60. The van der Waals surface area contributed by atoms with Crippen molar-refractivity contribution in [1.29, 1.82) is 0 Å². The van der Waals surface area contributed by atoms with Crippen molar-refractivity contribution >= 4 is 0 Å². The maximum Gasteiger partial charge on any atom is -0.0414 e. The zero-order valence-electron chi connectivity index (χ0n) is 17.4. The van der Waals surface area contributed by atoms with Crippen LogP contribution in [0.15, 0.2) is 0 Å². The Bertz CT molecular complexity index is 196. The van der Waals surface area contributed by atoms with Gasteiger partial charge in [-0.3, -0.25) is 0 Å². The van der Waals surface area contributed by atoms with E-state index in [9.17, 15) is 0 Å². The van der Waals surface area contributed by atoms with Crippen LogP contribution in [0.3, 0.4) is 0 Å². The molecule has 1 radical (unpaired) electrons. The summed E-state index contributed by atoms with van der Waals surface area (Å²) in [5.74, 6) is 1.02. The van der Waals surface area contributed by atoms with Gasteiger partial charge < -0.3 is 0 Å². The minimum absolute atomic E-state index is 1.02. The zero-order valence-corrected chi connectivity index (χ0v) is 17.4. The lowest BCUT2D eigenvalue weighted by atomic mass is 9.89. The van der Waals surface area contributed by atoms with Gasteiger partial charge in [-0.05, 0) is 5.92 Å². The van der Waals surface area contributed by atoms with Crippen LogP contribution in [-0.4, -0.2) is 0 Å². The Kier molecular flexibility index (Phi) is 21.0. The van der Waals surface area contributed by atoms with Crippen LogP contribution in [0.4, 0.5) is 0 Å². The van der Waals surface area contributed by atoms with Crippen LogP contribution < -0.4 is 0 Å². The topological polar surface area (TPSA) is 0 Å². The first-order chi connectivity index (χ1) is 11.8. The first-order valence-corrected chi connectivity index (χ1v) is 11.6. The summed E-state index contributed by atoms with van der Waals surface area (Å²) < 4.78 is 0. The molecule has 0 aromatic carbocycles. The predicted molar refractivity (Wildman–Crippen MR) is 113 cm³/mol. The van der Waals surface area contributed by atoms with Gasteiger partial charge in [-0.2, -0.15) is 0 Å². The van der Waals surface area contributed by atoms with Gasteiger partial charge in [0.15, 0.2) is 0 Å². The van der Waals surface area contributed by atoms with Crippen LogP contribution in [0.25, 0.3) is 0 Å². The monoisotopic (exact) mass is 337 g/mol. The molecule has 0 saturated heterocycles. The van der Waals surface area contributed by atoms with E-state index in [1.807, 2.05) is 0 Å². The number of unbranched alkanes of at least 4 members (excludes halogenated alkanes) is 14. The van der Waals surface area contributed by atoms with E-state index in [4.69, 9.17) is 0 Å². The van der Waals surface area contributed by atoms with E-state index in [2.05, 4.69) is 20.8 Å². The van der Waals surface area contributed by atoms with E-state index < -0.39 is 0 Å². The van der Waals surface area contributed by atoms with E-state index in [0.717, 1.165) is 12.3 Å². The van der Waals surface area contributed by atoms with Crippen molar-refractivity contribution in [3.8, 4) is 0 Å². The molecule has 0 aromatic rings. The molecule has 0 aliphatic rings. The predicted octanol–water partition coefficient (Wildman–Crippen LogP) is 9.28. The third-order valence-corrected chi connectivity index (χ3v) is 5.54. The van der Waals surface area contributed by atoms with Gasteiger partial charge in [0.05, 0.1) is 0 Å². The normalized spacial score (nSPS) is 11.5. The van der Waals surface area contributed by atoms with E-state index >= 15 is 0 Å². The summed E-state index contributed by atoms with van der Waals surface area (Å²) in [6.07, 6.45) is 28.7. The average Bonchev–Trinajstić information content (AvgIpc) is 2.60. The van der Waals surface area contributed by atoms with Crippen molar-refractivity contribution in [2.24, 2.45) is 5.92 Å². The number of rotatable bonds is 20. The van der Waals surface area contributed by atoms with Gasteiger partial charge in [0.1, 0.15) is 0 Å². The molecule has 0 nitrogen and oxygen atoms in total. The van der Waals surface area contributed by atoms with Crippen molar-refractivity contribution in [2.75, 3.05) is 0 Å². The summed E-state index contributed by atoms with van der Waals surface area (Å²) in [6, 6.07) is 0. The Balaban J connectivity index is 3.62. The van der Waals surface area contributed by atoms with Crippen LogP contribution in [0.1, 0.15) is 142 Å². The van der Waals surface area contributed by atoms with Gasteiger partial charge in [-0.1, -0.05) is 149 Å². The smallest absolute Gasteiger partial charge is 0.0414 e. The number of hydrogen-bond acceptors (Lipinski definition) is 0. The summed E-state index contributed by atoms with van der Waals surface area (Å²) in [7, 11) is 0. The largest absolute Gasteiger partial charge is 0.0654 e. The molecule has 145 valence electrons. The molecule has 0 N–H and O–H groups in total. The lowest BCUT2D eigenvalue weighted by molar-refractivity contribution is 0.367. The van der Waals surface area contributed by atoms with Gasteiger partial charge in [0.2, 0.25) is 0 Å². The Morgan fingerprint density at radius 3 is 1.21 bits per heavy atom. The second-order valence-electron chi connectivity index (χ2n) is 8.04. The van der Waals surface area contributed by atoms with E-state index in [1.165, 1.54) is 122 Å². The molecule has 0 rings (SSSR count). The van der Waals surface area contributed by atoms with E-state index in [1.54, 1.807) is 0 Å². The van der Waals surface area contributed by atoms with Crippen LogP contribution in [0.2, 0.25) is 0 Å². The third kappa shape index (κ3) is 18.3. The Hall–Kier alpha value is 0. The summed E-state index contributed by atoms with van der Waals surface area (Å²) in [4.78, 5) is 0. The molecule has 1 unspecified atom stereocenters. The molecule has 0 aliphatic heterocycles. The van der Waals surface area contributed by atoms with E-state index in [0.29, 0.717) is 0 Å². The SMILES string of the molecule is [CH2]CCCCCC(CCCCCC)CCCCCCCCCCC. The highest BCUT2D eigenvalue weighted by Crippen LogP contribution is 2.24. The van der Waals surface area contributed by atoms with Crippen molar-refractivity contribution in [1.82, 2.24) is 0 Å². The fourth-order valence-electron chi connectivity index (χ4n) is 3.82. The summed E-state index contributed by atoms with van der Waals surface area (Å²) >= 11 is 0. The van der Waals surface area contributed by atoms with Crippen molar-refractivity contribution in [3.63, 3.8) is 0 Å². The molecule has 0 spiro atoms. The quantitative estimate of drug-likeness (QED) is 0.194. The second kappa shape index (κ2) is 21.0. The van der Waals surface area contributed by atoms with Gasteiger partial charge in [0, 0.05) is 0 Å². The fourth-order valence-corrected chi connectivity index (χ4v) is 3.82. The van der Waals surface area contributed by atoms with Crippen molar-refractivity contribution in [2.45, 2.75) is 142 Å². The van der Waals surface area contributed by atoms with Gasteiger partial charge in [-0.15, -0.1) is 0 Å². The first-order valence-electron chi connectivity index (χ1n) is 11.6. The molecule has 0 heterocycles. The highest BCUT2D eigenvalue weighted by atomic mass is 14.1. The molecular formula is C24H49. The van der Waals surface area contributed by atoms with Gasteiger partial charge in [0.25, 0.3) is 0 Å². The molecule has 0 fully saturated rings. The van der Waals surface area contributed by atoms with Gasteiger partial charge in [-0.25, -0.2) is 0 Å². The molecule has 0 saturated carbocycles. The summed E-state index contributed by atoms with van der Waals surface area (Å²) in [5, 5.41) is 0. The standard InChI is InChI=1S/C24H49/c1-4-7-10-13-14-15-16-17-20-23-24(21-18-11-8-5-2)22-19-12-9-6-3/h24H,2,4-23H2,1,3H3. The Labute approximate surface area is 155 Å². The molecule has 0 bridgehead atoms. The molecule has 0 aromatic heterocycles. The minimum atomic E-state index is 1.02. The van der Waals surface area contributed by atoms with Crippen LogP contribution in [0.5, 0.6) is 0 Å². The Morgan fingerprint density at radius 1 is 0.458 bits per heavy atom. The summed E-state index contributed by atoms with van der Waals surface area (Å²) in [5.41, 5.74) is 0. The maximum absolute atomic E-state index is 3.97. The molecule has 0 aliphatic carbocycles. The molecule has 0 amide bonds. The van der Waals surface area contributed by atoms with Crippen LogP contribution in [-0.2, 0) is 0 Å². The highest BCUT2D eigenvalue weighted by Gasteiger charge is 2.08. The average molecular weight is 338 g/mol. The van der Waals surface area contributed by atoms with Crippen molar-refractivity contribution in [3.05, 3.63) is 6.92 Å². The minimum Gasteiger partial charge on any atom is -0.0654 e. The number of hydrogen-bond donors (Lipinski definition) is 0. The lowest BCUT2D eigenvalue weighted by Crippen LogP contribution is -2.01. The van der Waals surface area contributed by atoms with Crippen LogP contribution in [0, 0.1) is 12.8 Å². The lowest BCUT2D eigenvalue weighted by Gasteiger charge is -2.17. The Morgan fingerprint density at radius 2 is 0.792 bits per heavy atom. The molecule has 1 atom stereocenters. The maximum atomic E-state index is 3.97. The fraction of sp³-hybridized carbons (Fsp3) is 0.958. The van der Waals surface area contributed by atoms with Crippen LogP contribution >= 0.6 is 0 Å². The second-order valence-corrected chi connectivity index (χ2v) is 8.04. The molecule has 0 heteroatoms. The van der Waals surface area contributed by atoms with E-state index in [-0.39, 0.29) is 0 Å². The molecular weight excluding hydrogens is 288 g/mol. The zero-order chi connectivity index (χ0) is 17.7. The third-order valence-electron chi connectivity index (χ3n) is 5.54. The highest BCUT2D eigenvalue weighted by molar-refractivity contribution is 4.62. The molecule has 24 heavy (non-hydrogen) atoms.